The quantitative estimate of drug-likeness (QED) is 0.373. The summed E-state index contributed by atoms with van der Waals surface area (Å²) < 4.78 is 0. The minimum Gasteiger partial charge on any atom is -0.352 e. The van der Waals surface area contributed by atoms with Crippen LogP contribution in [0, 0.1) is 0 Å². The van der Waals surface area contributed by atoms with E-state index >= 15 is 0 Å². The predicted molar refractivity (Wildman–Crippen MR) is 137 cm³/mol. The molecule has 5 aromatic rings. The second kappa shape index (κ2) is 8.60. The van der Waals surface area contributed by atoms with Gasteiger partial charge < -0.3 is 9.80 Å². The van der Waals surface area contributed by atoms with Gasteiger partial charge in [0.25, 0.3) is 5.91 Å². The number of benzene rings is 4. The third-order valence-corrected chi connectivity index (χ3v) is 6.58. The van der Waals surface area contributed by atoms with Gasteiger partial charge >= 0.3 is 0 Å². The van der Waals surface area contributed by atoms with Crippen LogP contribution in [-0.2, 0) is 0 Å². The van der Waals surface area contributed by atoms with Gasteiger partial charge in [0.15, 0.2) is 5.82 Å². The molecule has 0 bridgehead atoms. The maximum atomic E-state index is 13.1. The first-order valence-electron chi connectivity index (χ1n) is 11.6. The average Bonchev–Trinajstić information content (AvgIpc) is 2.92. The molecule has 0 radical (unpaired) electrons. The minimum absolute atomic E-state index is 0.0862. The summed E-state index contributed by atoms with van der Waals surface area (Å²) in [6.07, 6.45) is 0. The Morgan fingerprint density at radius 2 is 1.26 bits per heavy atom. The molecule has 0 N–H and O–H groups in total. The van der Waals surface area contributed by atoms with Crippen molar-refractivity contribution in [1.29, 1.82) is 0 Å². The summed E-state index contributed by atoms with van der Waals surface area (Å²) in [7, 11) is 0. The number of carbonyl (C=O) groups is 1. The van der Waals surface area contributed by atoms with Gasteiger partial charge in [-0.25, -0.2) is 0 Å². The lowest BCUT2D eigenvalue weighted by Gasteiger charge is -2.35. The number of hydrogen-bond donors (Lipinski definition) is 0. The summed E-state index contributed by atoms with van der Waals surface area (Å²) in [6, 6.07) is 32.8. The molecule has 6 rings (SSSR count). The number of anilines is 1. The number of amides is 1. The molecule has 4 aromatic carbocycles. The van der Waals surface area contributed by atoms with Crippen LogP contribution in [0.3, 0.4) is 0 Å². The molecule has 1 aliphatic heterocycles. The molecule has 0 unspecified atom stereocenters. The summed E-state index contributed by atoms with van der Waals surface area (Å²) in [5.74, 6) is 0.936. The smallest absolute Gasteiger partial charge is 0.253 e. The molecule has 1 aromatic heterocycles. The molecule has 1 amide bonds. The Kier molecular flexibility index (Phi) is 5.15. The molecule has 0 spiro atoms. The Hall–Kier alpha value is -4.25. The molecular formula is C29H24N4O. The Morgan fingerprint density at radius 3 is 1.94 bits per heavy atom. The van der Waals surface area contributed by atoms with Crippen molar-refractivity contribution in [2.75, 3.05) is 31.1 Å². The Labute approximate surface area is 198 Å². The lowest BCUT2D eigenvalue weighted by atomic mass is 10.1. The lowest BCUT2D eigenvalue weighted by Crippen LogP contribution is -2.49. The van der Waals surface area contributed by atoms with E-state index < -0.39 is 0 Å². The van der Waals surface area contributed by atoms with Crippen LogP contribution in [0.5, 0.6) is 0 Å². The van der Waals surface area contributed by atoms with Crippen LogP contribution < -0.4 is 4.90 Å². The highest BCUT2D eigenvalue weighted by Crippen LogP contribution is 2.24. The number of piperazine rings is 1. The van der Waals surface area contributed by atoms with Crippen molar-refractivity contribution in [2.24, 2.45) is 0 Å². The second-order valence-electron chi connectivity index (χ2n) is 8.68. The number of carbonyl (C=O) groups excluding carboxylic acids is 1. The molecule has 166 valence electrons. The molecule has 0 saturated carbocycles. The first-order chi connectivity index (χ1) is 16.7. The van der Waals surface area contributed by atoms with Crippen molar-refractivity contribution >= 4 is 33.3 Å². The van der Waals surface area contributed by atoms with E-state index in [0.29, 0.717) is 13.1 Å². The maximum absolute atomic E-state index is 13.1. The fourth-order valence-electron chi connectivity index (χ4n) is 4.64. The van der Waals surface area contributed by atoms with Crippen molar-refractivity contribution in [2.45, 2.75) is 0 Å². The Morgan fingerprint density at radius 1 is 0.618 bits per heavy atom. The summed E-state index contributed by atoms with van der Waals surface area (Å²) in [6.45, 7) is 2.81. The van der Waals surface area contributed by atoms with Gasteiger partial charge in [-0.3, -0.25) is 4.79 Å². The van der Waals surface area contributed by atoms with Crippen molar-refractivity contribution in [3.63, 3.8) is 0 Å². The fourth-order valence-corrected chi connectivity index (χ4v) is 4.64. The maximum Gasteiger partial charge on any atom is 0.253 e. The average molecular weight is 445 g/mol. The minimum atomic E-state index is 0.0862. The molecule has 0 aliphatic carbocycles. The van der Waals surface area contributed by atoms with Gasteiger partial charge in [-0.1, -0.05) is 66.7 Å². The topological polar surface area (TPSA) is 49.3 Å². The molecule has 0 atom stereocenters. The number of rotatable bonds is 3. The molecule has 34 heavy (non-hydrogen) atoms. The van der Waals surface area contributed by atoms with Gasteiger partial charge in [-0.2, -0.15) is 0 Å². The molecule has 1 saturated heterocycles. The number of hydrogen-bond acceptors (Lipinski definition) is 4. The van der Waals surface area contributed by atoms with E-state index in [2.05, 4.69) is 51.5 Å². The largest absolute Gasteiger partial charge is 0.352 e. The highest BCUT2D eigenvalue weighted by atomic mass is 16.2. The summed E-state index contributed by atoms with van der Waals surface area (Å²) in [4.78, 5) is 17.2. The van der Waals surface area contributed by atoms with Crippen LogP contribution in [0.25, 0.3) is 32.8 Å². The van der Waals surface area contributed by atoms with E-state index in [-0.39, 0.29) is 5.91 Å². The standard InChI is InChI=1S/C29H24N4O/c34-29(26-12-10-22-6-2-4-8-24(22)20-26)33-17-15-32(16-18-33)28-14-13-27(30-31-28)25-11-9-21-5-1-3-7-23(21)19-25/h1-14,19-20H,15-18H2. The van der Waals surface area contributed by atoms with Gasteiger partial charge in [0, 0.05) is 37.3 Å². The molecule has 1 aliphatic rings. The zero-order valence-corrected chi connectivity index (χ0v) is 18.8. The van der Waals surface area contributed by atoms with Crippen LogP contribution >= 0.6 is 0 Å². The van der Waals surface area contributed by atoms with Gasteiger partial charge in [0.2, 0.25) is 0 Å². The monoisotopic (exact) mass is 444 g/mol. The SMILES string of the molecule is O=C(c1ccc2ccccc2c1)N1CCN(c2ccc(-c3ccc4ccccc4c3)nn2)CC1. The fraction of sp³-hybridized carbons (Fsp3) is 0.138. The van der Waals surface area contributed by atoms with Gasteiger partial charge in [0.05, 0.1) is 5.69 Å². The lowest BCUT2D eigenvalue weighted by molar-refractivity contribution is 0.0746. The van der Waals surface area contributed by atoms with Gasteiger partial charge in [-0.15, -0.1) is 10.2 Å². The van der Waals surface area contributed by atoms with E-state index in [4.69, 9.17) is 0 Å². The van der Waals surface area contributed by atoms with Crippen molar-refractivity contribution < 1.29 is 4.79 Å². The molecule has 5 nitrogen and oxygen atoms in total. The first kappa shape index (κ1) is 20.4. The van der Waals surface area contributed by atoms with E-state index in [0.717, 1.165) is 46.5 Å². The summed E-state index contributed by atoms with van der Waals surface area (Å²) in [5.41, 5.74) is 2.66. The molecular weight excluding hydrogens is 420 g/mol. The van der Waals surface area contributed by atoms with Gasteiger partial charge in [-0.05, 0) is 51.9 Å². The van der Waals surface area contributed by atoms with Crippen LogP contribution in [0.2, 0.25) is 0 Å². The van der Waals surface area contributed by atoms with Crippen LogP contribution in [0.1, 0.15) is 10.4 Å². The Bertz CT molecular complexity index is 1490. The van der Waals surface area contributed by atoms with Crippen molar-refractivity contribution in [3.8, 4) is 11.3 Å². The Balaban J connectivity index is 1.13. The predicted octanol–water partition coefficient (Wildman–Crippen LogP) is 5.41. The zero-order chi connectivity index (χ0) is 22.9. The van der Waals surface area contributed by atoms with E-state index in [1.807, 2.05) is 65.6 Å². The normalized spacial score (nSPS) is 14.0. The summed E-state index contributed by atoms with van der Waals surface area (Å²) >= 11 is 0. The van der Waals surface area contributed by atoms with Crippen LogP contribution in [0.4, 0.5) is 5.82 Å². The highest BCUT2D eigenvalue weighted by molar-refractivity contribution is 5.98. The summed E-state index contributed by atoms with van der Waals surface area (Å²) in [5, 5.41) is 13.6. The van der Waals surface area contributed by atoms with Gasteiger partial charge in [0.1, 0.15) is 0 Å². The van der Waals surface area contributed by atoms with Crippen molar-refractivity contribution in [1.82, 2.24) is 15.1 Å². The third-order valence-electron chi connectivity index (χ3n) is 6.58. The highest BCUT2D eigenvalue weighted by Gasteiger charge is 2.23. The van der Waals surface area contributed by atoms with Crippen molar-refractivity contribution in [3.05, 3.63) is 103 Å². The third kappa shape index (κ3) is 3.86. The van der Waals surface area contributed by atoms with E-state index in [1.54, 1.807) is 0 Å². The van der Waals surface area contributed by atoms with E-state index in [9.17, 15) is 4.79 Å². The number of fused-ring (bicyclic) bond motifs is 2. The molecule has 1 fully saturated rings. The van der Waals surface area contributed by atoms with E-state index in [1.165, 1.54) is 10.8 Å². The number of nitrogens with zero attached hydrogens (tertiary/aromatic N) is 4. The number of aromatic nitrogens is 2. The van der Waals surface area contributed by atoms with Crippen LogP contribution in [-0.4, -0.2) is 47.2 Å². The van der Waals surface area contributed by atoms with Crippen LogP contribution in [0.15, 0.2) is 97.1 Å². The molecule has 5 heteroatoms. The zero-order valence-electron chi connectivity index (χ0n) is 18.8. The molecule has 2 heterocycles. The second-order valence-corrected chi connectivity index (χ2v) is 8.68. The first-order valence-corrected chi connectivity index (χ1v) is 11.6.